The molecule has 0 N–H and O–H groups in total. The maximum atomic E-state index is 13.1. The molecular formula is C55H95NO10. The van der Waals surface area contributed by atoms with Crippen molar-refractivity contribution >= 4 is 29.8 Å². The van der Waals surface area contributed by atoms with Gasteiger partial charge in [-0.15, -0.1) is 0 Å². The number of carbonyl (C=O) groups excluding carboxylic acids is 5. The van der Waals surface area contributed by atoms with Crippen LogP contribution in [0.25, 0.3) is 0 Å². The van der Waals surface area contributed by atoms with E-state index in [1.54, 1.807) is 12.1 Å². The summed E-state index contributed by atoms with van der Waals surface area (Å²) in [6, 6.07) is 7.11. The van der Waals surface area contributed by atoms with E-state index in [2.05, 4.69) is 27.7 Å². The van der Waals surface area contributed by atoms with Gasteiger partial charge in [0.1, 0.15) is 13.2 Å². The van der Waals surface area contributed by atoms with Crippen LogP contribution < -0.4 is 0 Å². The molecule has 0 saturated carbocycles. The Morgan fingerprint density at radius 2 is 0.848 bits per heavy atom. The number of rotatable bonds is 44. The van der Waals surface area contributed by atoms with E-state index >= 15 is 0 Å². The van der Waals surface area contributed by atoms with Crippen LogP contribution in [0, 0.1) is 11.8 Å². The lowest BCUT2D eigenvalue weighted by molar-refractivity contribution is -0.161. The maximum absolute atomic E-state index is 13.1. The predicted octanol–water partition coefficient (Wildman–Crippen LogP) is 13.5. The monoisotopic (exact) mass is 930 g/mol. The maximum Gasteiger partial charge on any atom is 0.338 e. The molecule has 1 aromatic rings. The van der Waals surface area contributed by atoms with Crippen molar-refractivity contribution < 1.29 is 47.7 Å². The number of hydrogen-bond acceptors (Lipinski definition) is 11. The summed E-state index contributed by atoms with van der Waals surface area (Å²) >= 11 is 0. The second-order valence-corrected chi connectivity index (χ2v) is 18.8. The van der Waals surface area contributed by atoms with Crippen molar-refractivity contribution in [2.45, 2.75) is 233 Å². The number of benzene rings is 1. The fraction of sp³-hybridized carbons (Fsp3) is 0.800. The van der Waals surface area contributed by atoms with Gasteiger partial charge < -0.3 is 28.6 Å². The third-order valence-corrected chi connectivity index (χ3v) is 12.1. The highest BCUT2D eigenvalue weighted by Crippen LogP contribution is 2.22. The van der Waals surface area contributed by atoms with Gasteiger partial charge in [0.05, 0.1) is 30.6 Å². The first-order valence-electron chi connectivity index (χ1n) is 26.6. The highest BCUT2D eigenvalue weighted by molar-refractivity contribution is 5.89. The Bertz CT molecular complexity index is 1380. The summed E-state index contributed by atoms with van der Waals surface area (Å²) in [7, 11) is 3.94. The molecule has 0 radical (unpaired) electrons. The summed E-state index contributed by atoms with van der Waals surface area (Å²) < 4.78 is 28.1. The number of nitrogens with zero attached hydrogens (tertiary/aromatic N) is 1. The molecule has 0 saturated heterocycles. The third kappa shape index (κ3) is 33.1. The van der Waals surface area contributed by atoms with Gasteiger partial charge in [0.15, 0.2) is 6.10 Å². The number of ether oxygens (including phenoxy) is 5. The minimum absolute atomic E-state index is 0.0682. The van der Waals surface area contributed by atoms with Crippen LogP contribution in [0.15, 0.2) is 24.3 Å². The van der Waals surface area contributed by atoms with Gasteiger partial charge >= 0.3 is 29.8 Å². The van der Waals surface area contributed by atoms with Crippen LogP contribution in [0.3, 0.4) is 0 Å². The van der Waals surface area contributed by atoms with Gasteiger partial charge in [-0.05, 0) is 83.2 Å². The number of esters is 5. The molecule has 0 aliphatic rings. The van der Waals surface area contributed by atoms with E-state index in [1.165, 1.54) is 64.2 Å². The molecule has 0 spiro atoms. The van der Waals surface area contributed by atoms with Crippen LogP contribution >= 0.6 is 0 Å². The van der Waals surface area contributed by atoms with E-state index in [0.717, 1.165) is 102 Å². The molecule has 0 fully saturated rings. The van der Waals surface area contributed by atoms with Crippen molar-refractivity contribution in [1.82, 2.24) is 4.90 Å². The SMILES string of the molecule is CCCCCCCCC(CCCCCC)C(=O)OCCCCC(=O)OC[C@H](COC(=O)c1ccc(CN(C)C)cc1)OC(=O)CCCCOC(=O)C(CCCCCC)CCCCCCCC. The molecule has 11 nitrogen and oxygen atoms in total. The molecule has 66 heavy (non-hydrogen) atoms. The quantitative estimate of drug-likeness (QED) is 0.0351. The van der Waals surface area contributed by atoms with Crippen molar-refractivity contribution in [3.05, 3.63) is 35.4 Å². The minimum Gasteiger partial charge on any atom is -0.465 e. The Labute approximate surface area is 401 Å². The first-order valence-corrected chi connectivity index (χ1v) is 26.6. The van der Waals surface area contributed by atoms with E-state index in [0.29, 0.717) is 31.2 Å². The van der Waals surface area contributed by atoms with Crippen LogP contribution in [-0.2, 0) is 49.4 Å². The van der Waals surface area contributed by atoms with Crippen LogP contribution in [0.4, 0.5) is 0 Å². The lowest BCUT2D eigenvalue weighted by atomic mass is 9.94. The fourth-order valence-electron chi connectivity index (χ4n) is 8.04. The van der Waals surface area contributed by atoms with E-state index in [4.69, 9.17) is 23.7 Å². The normalized spacial score (nSPS) is 12.7. The van der Waals surface area contributed by atoms with Crippen LogP contribution in [0.1, 0.15) is 236 Å². The number of unbranched alkanes of at least 4 members (excludes halogenated alkanes) is 18. The van der Waals surface area contributed by atoms with Crippen molar-refractivity contribution in [2.24, 2.45) is 11.8 Å². The minimum atomic E-state index is -1.01. The molecule has 0 aliphatic carbocycles. The van der Waals surface area contributed by atoms with Crippen LogP contribution in [0.5, 0.6) is 0 Å². The topological polar surface area (TPSA) is 135 Å². The average Bonchev–Trinajstić information content (AvgIpc) is 3.30. The van der Waals surface area contributed by atoms with Crippen molar-refractivity contribution in [1.29, 1.82) is 0 Å². The van der Waals surface area contributed by atoms with E-state index < -0.39 is 24.0 Å². The highest BCUT2D eigenvalue weighted by atomic mass is 16.6. The third-order valence-electron chi connectivity index (χ3n) is 12.1. The summed E-state index contributed by atoms with van der Waals surface area (Å²) in [5, 5.41) is 0. The van der Waals surface area contributed by atoms with Crippen molar-refractivity contribution in [2.75, 3.05) is 40.5 Å². The van der Waals surface area contributed by atoms with Crippen molar-refractivity contribution in [3.8, 4) is 0 Å². The molecular weight excluding hydrogens is 835 g/mol. The van der Waals surface area contributed by atoms with E-state index in [9.17, 15) is 24.0 Å². The molecule has 0 aromatic heterocycles. The first-order chi connectivity index (χ1) is 32.0. The molecule has 0 heterocycles. The second kappa shape index (κ2) is 41.7. The first kappa shape index (κ1) is 60.5. The summed E-state index contributed by atoms with van der Waals surface area (Å²) in [5.41, 5.74) is 1.40. The molecule has 1 rings (SSSR count). The van der Waals surface area contributed by atoms with Gasteiger partial charge in [0.2, 0.25) is 0 Å². The Morgan fingerprint density at radius 3 is 1.29 bits per heavy atom. The average molecular weight is 930 g/mol. The summed E-state index contributed by atoms with van der Waals surface area (Å²) in [6.07, 6.45) is 27.7. The molecule has 0 amide bonds. The Balaban J connectivity index is 2.68. The predicted molar refractivity (Wildman–Crippen MR) is 265 cm³/mol. The van der Waals surface area contributed by atoms with Crippen LogP contribution in [-0.4, -0.2) is 81.4 Å². The Morgan fingerprint density at radius 1 is 0.455 bits per heavy atom. The molecule has 380 valence electrons. The van der Waals surface area contributed by atoms with Gasteiger partial charge in [-0.1, -0.05) is 168 Å². The summed E-state index contributed by atoms with van der Waals surface area (Å²) in [4.78, 5) is 66.9. The standard InChI is InChI=1S/C55H95NO10/c1-7-11-15-19-21-25-33-47(31-23-17-13-9-3)53(59)62-41-29-27-35-51(57)64-44-50(45-65-55(61)49-39-37-46(38-40-49)43-56(5)6)66-52(58)36-28-30-42-63-54(60)48(32-24-18-14-10-4)34-26-22-20-16-12-8-2/h37-40,47-48,50H,7-36,41-45H2,1-6H3/t47?,48?,50-/m1/s1. The zero-order valence-electron chi connectivity index (χ0n) is 42.8. The van der Waals surface area contributed by atoms with Gasteiger partial charge in [-0.2, -0.15) is 0 Å². The Kier molecular flexibility index (Phi) is 38.3. The Hall–Kier alpha value is -3.47. The number of hydrogen-bond donors (Lipinski definition) is 0. The largest absolute Gasteiger partial charge is 0.465 e. The zero-order chi connectivity index (χ0) is 48.5. The van der Waals surface area contributed by atoms with Gasteiger partial charge in [0, 0.05) is 19.4 Å². The molecule has 2 unspecified atom stereocenters. The van der Waals surface area contributed by atoms with Crippen molar-refractivity contribution in [3.63, 3.8) is 0 Å². The second-order valence-electron chi connectivity index (χ2n) is 18.8. The fourth-order valence-corrected chi connectivity index (χ4v) is 8.04. The van der Waals surface area contributed by atoms with Crippen LogP contribution in [0.2, 0.25) is 0 Å². The lowest BCUT2D eigenvalue weighted by Gasteiger charge is -2.19. The molecule has 0 bridgehead atoms. The molecule has 0 aliphatic heterocycles. The number of carbonyl (C=O) groups is 5. The molecule has 1 aromatic carbocycles. The molecule has 3 atom stereocenters. The summed E-state index contributed by atoms with van der Waals surface area (Å²) in [5.74, 6) is -2.01. The smallest absolute Gasteiger partial charge is 0.338 e. The van der Waals surface area contributed by atoms with E-state index in [-0.39, 0.29) is 63.0 Å². The zero-order valence-corrected chi connectivity index (χ0v) is 42.8. The molecule has 11 heteroatoms. The van der Waals surface area contributed by atoms with E-state index in [1.807, 2.05) is 31.1 Å². The lowest BCUT2D eigenvalue weighted by Crippen LogP contribution is -2.31. The highest BCUT2D eigenvalue weighted by Gasteiger charge is 2.23. The van der Waals surface area contributed by atoms with Gasteiger partial charge in [0.25, 0.3) is 0 Å². The van der Waals surface area contributed by atoms with Gasteiger partial charge in [-0.25, -0.2) is 4.79 Å². The summed E-state index contributed by atoms with van der Waals surface area (Å²) in [6.45, 7) is 9.44. The van der Waals surface area contributed by atoms with Gasteiger partial charge in [-0.3, -0.25) is 19.2 Å².